The maximum Gasteiger partial charge on any atom is 0.0994 e. The molecule has 2 nitrogen and oxygen atoms in total. The van der Waals surface area contributed by atoms with Gasteiger partial charge in [-0.2, -0.15) is 10.5 Å². The van der Waals surface area contributed by atoms with E-state index in [9.17, 15) is 10.5 Å². The zero-order valence-electron chi connectivity index (χ0n) is 13.2. The van der Waals surface area contributed by atoms with Gasteiger partial charge in [-0.15, -0.1) is 0 Å². The standard InChI is InChI=1S/C21H18N2/c1-2-19(16-8-4-3-5-9-16)21(15-23)13-12-17(14-22)18-10-6-7-11-20(18)21/h3-12,19H,2,13H2,1H3/t19-,21-/m1/s1. The second-order valence-corrected chi connectivity index (χ2v) is 5.93. The molecule has 0 saturated heterocycles. The van der Waals surface area contributed by atoms with Crippen molar-refractivity contribution in [2.24, 2.45) is 0 Å². The molecule has 0 bridgehead atoms. The number of benzene rings is 2. The molecule has 2 aromatic rings. The fraction of sp³-hybridized carbons (Fsp3) is 0.238. The monoisotopic (exact) mass is 298 g/mol. The summed E-state index contributed by atoms with van der Waals surface area (Å²) in [5, 5.41) is 19.5. The topological polar surface area (TPSA) is 47.6 Å². The molecule has 2 atom stereocenters. The van der Waals surface area contributed by atoms with Crippen LogP contribution in [0, 0.1) is 22.7 Å². The Kier molecular flexibility index (Phi) is 4.00. The van der Waals surface area contributed by atoms with Gasteiger partial charge in [-0.05, 0) is 29.5 Å². The highest BCUT2D eigenvalue weighted by Crippen LogP contribution is 2.48. The summed E-state index contributed by atoms with van der Waals surface area (Å²) in [6.07, 6.45) is 3.38. The molecule has 1 aliphatic carbocycles. The van der Waals surface area contributed by atoms with Crippen molar-refractivity contribution in [1.82, 2.24) is 0 Å². The predicted octanol–water partition coefficient (Wildman–Crippen LogP) is 4.95. The summed E-state index contributed by atoms with van der Waals surface area (Å²) in [7, 11) is 0. The lowest BCUT2D eigenvalue weighted by Crippen LogP contribution is -2.34. The van der Waals surface area contributed by atoms with E-state index in [1.807, 2.05) is 48.5 Å². The van der Waals surface area contributed by atoms with Gasteiger partial charge in [-0.25, -0.2) is 0 Å². The molecular formula is C21H18N2. The number of hydrogen-bond donors (Lipinski definition) is 0. The summed E-state index contributed by atoms with van der Waals surface area (Å²) < 4.78 is 0. The number of hydrogen-bond acceptors (Lipinski definition) is 2. The Bertz CT molecular complexity index is 821. The molecule has 0 radical (unpaired) electrons. The van der Waals surface area contributed by atoms with Crippen LogP contribution in [0.5, 0.6) is 0 Å². The first-order chi connectivity index (χ1) is 11.3. The van der Waals surface area contributed by atoms with Gasteiger partial charge >= 0.3 is 0 Å². The van der Waals surface area contributed by atoms with E-state index in [-0.39, 0.29) is 5.92 Å². The van der Waals surface area contributed by atoms with Gasteiger partial charge in [0.15, 0.2) is 0 Å². The molecule has 112 valence electrons. The SMILES string of the molecule is CC[C@H](c1ccccc1)[C@]1(C#N)CC=C(C#N)c2ccccc21. The van der Waals surface area contributed by atoms with Crippen molar-refractivity contribution < 1.29 is 0 Å². The quantitative estimate of drug-likeness (QED) is 0.804. The van der Waals surface area contributed by atoms with Crippen molar-refractivity contribution in [3.63, 3.8) is 0 Å². The first-order valence-electron chi connectivity index (χ1n) is 7.93. The molecule has 0 fully saturated rings. The summed E-state index contributed by atoms with van der Waals surface area (Å²) in [4.78, 5) is 0. The average Bonchev–Trinajstić information content (AvgIpc) is 2.63. The normalized spacial score (nSPS) is 20.6. The van der Waals surface area contributed by atoms with E-state index in [1.165, 1.54) is 5.56 Å². The van der Waals surface area contributed by atoms with Crippen LogP contribution in [0.2, 0.25) is 0 Å². The van der Waals surface area contributed by atoms with Crippen molar-refractivity contribution in [2.45, 2.75) is 31.1 Å². The minimum atomic E-state index is -0.618. The van der Waals surface area contributed by atoms with E-state index in [4.69, 9.17) is 0 Å². The number of rotatable bonds is 3. The predicted molar refractivity (Wildman–Crippen MR) is 91.4 cm³/mol. The zero-order valence-corrected chi connectivity index (χ0v) is 13.2. The highest BCUT2D eigenvalue weighted by atomic mass is 14.5. The van der Waals surface area contributed by atoms with E-state index in [0.717, 1.165) is 17.5 Å². The first kappa shape index (κ1) is 15.1. The molecule has 0 heterocycles. The fourth-order valence-corrected chi connectivity index (χ4v) is 3.76. The van der Waals surface area contributed by atoms with Gasteiger partial charge in [0.2, 0.25) is 0 Å². The molecule has 2 heteroatoms. The summed E-state index contributed by atoms with van der Waals surface area (Å²) >= 11 is 0. The van der Waals surface area contributed by atoms with Crippen LogP contribution in [0.15, 0.2) is 60.7 Å². The van der Waals surface area contributed by atoms with Gasteiger partial charge in [0, 0.05) is 5.92 Å². The van der Waals surface area contributed by atoms with Crippen LogP contribution >= 0.6 is 0 Å². The Labute approximate surface area is 137 Å². The molecule has 0 aromatic heterocycles. The second-order valence-electron chi connectivity index (χ2n) is 5.93. The summed E-state index contributed by atoms with van der Waals surface area (Å²) in [5.41, 5.74) is 3.12. The molecule has 3 rings (SSSR count). The maximum atomic E-state index is 10.1. The first-order valence-corrected chi connectivity index (χ1v) is 7.93. The van der Waals surface area contributed by atoms with Crippen LogP contribution < -0.4 is 0 Å². The molecule has 1 aliphatic rings. The fourth-order valence-electron chi connectivity index (χ4n) is 3.76. The molecule has 0 saturated carbocycles. The Hall–Kier alpha value is -2.84. The van der Waals surface area contributed by atoms with E-state index in [2.05, 4.69) is 31.2 Å². The Morgan fingerprint density at radius 1 is 1.04 bits per heavy atom. The third kappa shape index (κ3) is 2.33. The molecule has 0 spiro atoms. The Balaban J connectivity index is 2.22. The summed E-state index contributed by atoms with van der Waals surface area (Å²) in [6, 6.07) is 23.0. The molecule has 0 unspecified atom stereocenters. The van der Waals surface area contributed by atoms with E-state index in [1.54, 1.807) is 0 Å². The number of fused-ring (bicyclic) bond motifs is 1. The Morgan fingerprint density at radius 3 is 2.39 bits per heavy atom. The number of nitriles is 2. The largest absolute Gasteiger partial charge is 0.197 e. The zero-order chi connectivity index (χ0) is 16.3. The smallest absolute Gasteiger partial charge is 0.0994 e. The van der Waals surface area contributed by atoms with Gasteiger partial charge in [0.05, 0.1) is 23.1 Å². The van der Waals surface area contributed by atoms with Crippen molar-refractivity contribution in [3.05, 3.63) is 77.4 Å². The molecule has 23 heavy (non-hydrogen) atoms. The maximum absolute atomic E-state index is 10.1. The molecule has 0 amide bonds. The van der Waals surface area contributed by atoms with Gasteiger partial charge in [-0.1, -0.05) is 67.6 Å². The second kappa shape index (κ2) is 6.11. The minimum absolute atomic E-state index is 0.103. The van der Waals surface area contributed by atoms with E-state index >= 15 is 0 Å². The summed E-state index contributed by atoms with van der Waals surface area (Å²) in [6.45, 7) is 2.13. The van der Waals surface area contributed by atoms with Crippen molar-refractivity contribution >= 4 is 5.57 Å². The molecule has 0 aliphatic heterocycles. The van der Waals surface area contributed by atoms with Gasteiger partial charge < -0.3 is 0 Å². The number of allylic oxidation sites excluding steroid dienone is 2. The van der Waals surface area contributed by atoms with Crippen LogP contribution in [0.3, 0.4) is 0 Å². The lowest BCUT2D eigenvalue weighted by molar-refractivity contribution is 0.423. The third-order valence-electron chi connectivity index (χ3n) is 4.85. The van der Waals surface area contributed by atoms with Gasteiger partial charge in [0.1, 0.15) is 0 Å². The van der Waals surface area contributed by atoms with Crippen molar-refractivity contribution in [2.75, 3.05) is 0 Å². The highest BCUT2D eigenvalue weighted by Gasteiger charge is 2.43. The lowest BCUT2D eigenvalue weighted by Gasteiger charge is -2.38. The van der Waals surface area contributed by atoms with Crippen LogP contribution in [-0.4, -0.2) is 0 Å². The molecular weight excluding hydrogens is 280 g/mol. The molecule has 0 N–H and O–H groups in total. The number of nitrogens with zero attached hydrogens (tertiary/aromatic N) is 2. The lowest BCUT2D eigenvalue weighted by atomic mass is 9.62. The van der Waals surface area contributed by atoms with Gasteiger partial charge in [-0.3, -0.25) is 0 Å². The van der Waals surface area contributed by atoms with E-state index in [0.29, 0.717) is 12.0 Å². The van der Waals surface area contributed by atoms with Crippen molar-refractivity contribution in [1.29, 1.82) is 10.5 Å². The Morgan fingerprint density at radius 2 is 1.74 bits per heavy atom. The van der Waals surface area contributed by atoms with Crippen LogP contribution in [0.4, 0.5) is 0 Å². The van der Waals surface area contributed by atoms with Crippen LogP contribution in [0.25, 0.3) is 5.57 Å². The molecule has 2 aromatic carbocycles. The minimum Gasteiger partial charge on any atom is -0.197 e. The van der Waals surface area contributed by atoms with Crippen molar-refractivity contribution in [3.8, 4) is 12.1 Å². The highest BCUT2D eigenvalue weighted by molar-refractivity contribution is 5.82. The van der Waals surface area contributed by atoms with E-state index < -0.39 is 5.41 Å². The average molecular weight is 298 g/mol. The third-order valence-corrected chi connectivity index (χ3v) is 4.85. The summed E-state index contributed by atoms with van der Waals surface area (Å²) in [5.74, 6) is 0.103. The van der Waals surface area contributed by atoms with Gasteiger partial charge in [0.25, 0.3) is 0 Å². The van der Waals surface area contributed by atoms with Crippen LogP contribution in [-0.2, 0) is 5.41 Å². The van der Waals surface area contributed by atoms with Crippen LogP contribution in [0.1, 0.15) is 42.4 Å².